The number of alkyl halides is 2. The van der Waals surface area contributed by atoms with Gasteiger partial charge in [0.2, 0.25) is 0 Å². The molecule has 1 rings (SSSR count). The van der Waals surface area contributed by atoms with E-state index in [0.29, 0.717) is 5.56 Å². The molecule has 0 aliphatic carbocycles. The van der Waals surface area contributed by atoms with Gasteiger partial charge in [-0.15, -0.1) is 0 Å². The predicted molar refractivity (Wildman–Crippen MR) is 35.2 cm³/mol. The van der Waals surface area contributed by atoms with Crippen molar-refractivity contribution in [2.45, 2.75) is 13.0 Å². The number of nitriles is 1. The summed E-state index contributed by atoms with van der Waals surface area (Å²) in [6.45, 7) is -0.346. The molecule has 0 aliphatic rings. The van der Waals surface area contributed by atoms with E-state index in [2.05, 4.69) is 0 Å². The summed E-state index contributed by atoms with van der Waals surface area (Å²) in [5, 5.41) is 8.33. The van der Waals surface area contributed by atoms with Crippen LogP contribution in [0.4, 0.5) is 8.78 Å². The Bertz CT molecular complexity index is 272. The molecule has 0 aromatic carbocycles. The summed E-state index contributed by atoms with van der Waals surface area (Å²) in [6, 6.07) is 3.36. The van der Waals surface area contributed by atoms with E-state index in [1.165, 1.54) is 23.0 Å². The Morgan fingerprint density at radius 3 is 2.82 bits per heavy atom. The molecule has 4 heteroatoms. The molecule has 0 amide bonds. The average Bonchev–Trinajstić information content (AvgIpc) is 2.34. The van der Waals surface area contributed by atoms with Crippen LogP contribution in [0.5, 0.6) is 0 Å². The van der Waals surface area contributed by atoms with Gasteiger partial charge in [0.15, 0.2) is 0 Å². The summed E-state index contributed by atoms with van der Waals surface area (Å²) in [5.74, 6) is 0. The fourth-order valence-corrected chi connectivity index (χ4v) is 0.780. The molecule has 0 saturated heterocycles. The maximum Gasteiger partial charge on any atom is 0.256 e. The van der Waals surface area contributed by atoms with Crippen molar-refractivity contribution in [2.24, 2.45) is 0 Å². The van der Waals surface area contributed by atoms with Gasteiger partial charge >= 0.3 is 0 Å². The van der Waals surface area contributed by atoms with Crippen LogP contribution < -0.4 is 0 Å². The molecule has 11 heavy (non-hydrogen) atoms. The zero-order valence-corrected chi connectivity index (χ0v) is 5.67. The summed E-state index contributed by atoms with van der Waals surface area (Å²) in [5.41, 5.74) is 0.408. The van der Waals surface area contributed by atoms with E-state index in [-0.39, 0.29) is 6.54 Å². The lowest BCUT2D eigenvalue weighted by atomic mass is 10.4. The van der Waals surface area contributed by atoms with E-state index in [0.717, 1.165) is 0 Å². The van der Waals surface area contributed by atoms with Gasteiger partial charge in [-0.2, -0.15) is 5.26 Å². The number of halogens is 2. The average molecular weight is 156 g/mol. The predicted octanol–water partition coefficient (Wildman–Crippen LogP) is 1.62. The number of hydrogen-bond donors (Lipinski definition) is 0. The van der Waals surface area contributed by atoms with Crippen LogP contribution in [0, 0.1) is 11.3 Å². The van der Waals surface area contributed by atoms with Gasteiger partial charge in [-0.25, -0.2) is 8.78 Å². The number of hydrogen-bond acceptors (Lipinski definition) is 1. The Morgan fingerprint density at radius 2 is 2.36 bits per heavy atom. The normalized spacial score (nSPS) is 10.0. The lowest BCUT2D eigenvalue weighted by Crippen LogP contribution is -2.03. The molecular formula is C7H6F2N2. The van der Waals surface area contributed by atoms with Crippen molar-refractivity contribution in [3.8, 4) is 6.07 Å². The number of aromatic nitrogens is 1. The maximum atomic E-state index is 11.7. The topological polar surface area (TPSA) is 28.7 Å². The minimum atomic E-state index is -2.37. The SMILES string of the molecule is N#Cc1ccn(CC(F)F)c1. The highest BCUT2D eigenvalue weighted by Gasteiger charge is 2.03. The van der Waals surface area contributed by atoms with Crippen LogP contribution in [0.3, 0.4) is 0 Å². The summed E-state index contributed by atoms with van der Waals surface area (Å²) in [6.07, 6.45) is 0.491. The highest BCUT2D eigenvalue weighted by Crippen LogP contribution is 2.02. The van der Waals surface area contributed by atoms with Crippen LogP contribution in [0.2, 0.25) is 0 Å². The lowest BCUT2D eigenvalue weighted by molar-refractivity contribution is 0.127. The van der Waals surface area contributed by atoms with Gasteiger partial charge < -0.3 is 4.57 Å². The molecule has 0 saturated carbocycles. The van der Waals surface area contributed by atoms with Gasteiger partial charge in [0, 0.05) is 12.4 Å². The first-order chi connectivity index (χ1) is 5.22. The van der Waals surface area contributed by atoms with Gasteiger partial charge in [-0.1, -0.05) is 0 Å². The summed E-state index contributed by atoms with van der Waals surface area (Å²) >= 11 is 0. The van der Waals surface area contributed by atoms with E-state index in [4.69, 9.17) is 5.26 Å². The fourth-order valence-electron chi connectivity index (χ4n) is 0.780. The van der Waals surface area contributed by atoms with Crippen molar-refractivity contribution in [2.75, 3.05) is 0 Å². The quantitative estimate of drug-likeness (QED) is 0.639. The van der Waals surface area contributed by atoms with Crippen LogP contribution in [0.1, 0.15) is 5.56 Å². The third-order valence-corrected chi connectivity index (χ3v) is 1.23. The Morgan fingerprint density at radius 1 is 1.64 bits per heavy atom. The highest BCUT2D eigenvalue weighted by atomic mass is 19.3. The van der Waals surface area contributed by atoms with Gasteiger partial charge in [-0.3, -0.25) is 0 Å². The molecule has 0 N–H and O–H groups in total. The first-order valence-electron chi connectivity index (χ1n) is 3.06. The third-order valence-electron chi connectivity index (χ3n) is 1.23. The number of nitrogens with zero attached hydrogens (tertiary/aromatic N) is 2. The van der Waals surface area contributed by atoms with E-state index in [1.807, 2.05) is 6.07 Å². The largest absolute Gasteiger partial charge is 0.347 e. The minimum absolute atomic E-state index is 0.346. The van der Waals surface area contributed by atoms with Crippen LogP contribution in [0.15, 0.2) is 18.5 Å². The zero-order chi connectivity index (χ0) is 8.27. The van der Waals surface area contributed by atoms with Crippen molar-refractivity contribution >= 4 is 0 Å². The second kappa shape index (κ2) is 3.15. The smallest absolute Gasteiger partial charge is 0.256 e. The lowest BCUT2D eigenvalue weighted by Gasteiger charge is -1.98. The van der Waals surface area contributed by atoms with Crippen LogP contribution in [0.25, 0.3) is 0 Å². The molecule has 2 nitrogen and oxygen atoms in total. The molecule has 0 radical (unpaired) electrons. The third kappa shape index (κ3) is 2.04. The van der Waals surface area contributed by atoms with Crippen LogP contribution in [-0.2, 0) is 6.54 Å². The van der Waals surface area contributed by atoms with Gasteiger partial charge in [0.1, 0.15) is 6.07 Å². The van der Waals surface area contributed by atoms with E-state index in [9.17, 15) is 8.78 Å². The molecule has 0 aliphatic heterocycles. The van der Waals surface area contributed by atoms with Crippen LogP contribution in [-0.4, -0.2) is 11.0 Å². The zero-order valence-electron chi connectivity index (χ0n) is 5.67. The molecule has 0 atom stereocenters. The standard InChI is InChI=1S/C7H6F2N2/c8-7(9)5-11-2-1-6(3-10)4-11/h1-2,4,7H,5H2. The Labute approximate surface area is 62.7 Å². The summed E-state index contributed by atoms with van der Waals surface area (Å²) in [4.78, 5) is 0. The first kappa shape index (κ1) is 7.73. The Balaban J connectivity index is 2.67. The van der Waals surface area contributed by atoms with E-state index in [1.54, 1.807) is 0 Å². The van der Waals surface area contributed by atoms with Crippen molar-refractivity contribution in [3.05, 3.63) is 24.0 Å². The molecular weight excluding hydrogens is 150 g/mol. The second-order valence-electron chi connectivity index (χ2n) is 2.10. The van der Waals surface area contributed by atoms with Crippen molar-refractivity contribution in [1.82, 2.24) is 4.57 Å². The summed E-state index contributed by atoms with van der Waals surface area (Å²) < 4.78 is 24.8. The molecule has 1 heterocycles. The van der Waals surface area contributed by atoms with E-state index < -0.39 is 6.43 Å². The Hall–Kier alpha value is -1.37. The fraction of sp³-hybridized carbons (Fsp3) is 0.286. The molecule has 0 unspecified atom stereocenters. The van der Waals surface area contributed by atoms with Crippen molar-refractivity contribution in [1.29, 1.82) is 5.26 Å². The van der Waals surface area contributed by atoms with Crippen LogP contribution >= 0.6 is 0 Å². The van der Waals surface area contributed by atoms with Gasteiger partial charge in [-0.05, 0) is 6.07 Å². The molecule has 0 fully saturated rings. The van der Waals surface area contributed by atoms with Gasteiger partial charge in [0.05, 0.1) is 12.1 Å². The van der Waals surface area contributed by atoms with Gasteiger partial charge in [0.25, 0.3) is 6.43 Å². The first-order valence-corrected chi connectivity index (χ1v) is 3.06. The molecule has 1 aromatic heterocycles. The maximum absolute atomic E-state index is 11.7. The molecule has 0 bridgehead atoms. The monoisotopic (exact) mass is 156 g/mol. The van der Waals surface area contributed by atoms with E-state index >= 15 is 0 Å². The minimum Gasteiger partial charge on any atom is -0.347 e. The summed E-state index contributed by atoms with van der Waals surface area (Å²) in [7, 11) is 0. The second-order valence-corrected chi connectivity index (χ2v) is 2.10. The van der Waals surface area contributed by atoms with Crippen molar-refractivity contribution in [3.63, 3.8) is 0 Å². The number of rotatable bonds is 2. The highest BCUT2D eigenvalue weighted by molar-refractivity contribution is 5.25. The Kier molecular flexibility index (Phi) is 2.21. The molecule has 0 spiro atoms. The van der Waals surface area contributed by atoms with Crippen molar-refractivity contribution < 1.29 is 8.78 Å². The molecule has 58 valence electrons. The molecule has 1 aromatic rings.